The van der Waals surface area contributed by atoms with Crippen LogP contribution >= 0.6 is 0 Å². The fraction of sp³-hybridized carbons (Fsp3) is 0.782. The molecule has 0 saturated heterocycles. The summed E-state index contributed by atoms with van der Waals surface area (Å²) in [5.41, 5.74) is 9.26. The SMILES string of the molecule is CCN(CC)CCCN(CCCCCCC1(CCCCCCN(CCCN(CC)CC)CCCN(CC)CC)c2cc(C)ccc2-c2ccc(C)cc21)CCCN(CC)CC. The predicted molar refractivity (Wildman–Crippen MR) is 271 cm³/mol. The molecule has 3 rings (SSSR count). The summed E-state index contributed by atoms with van der Waals surface area (Å²) in [7, 11) is 0. The topological polar surface area (TPSA) is 19.4 Å². The van der Waals surface area contributed by atoms with E-state index in [4.69, 9.17) is 0 Å². The highest BCUT2D eigenvalue weighted by Crippen LogP contribution is 2.54. The highest BCUT2D eigenvalue weighted by Gasteiger charge is 2.42. The molecule has 0 fully saturated rings. The standard InChI is InChI=1S/C55H100N6/c1-11-56(12-2)39-27-43-60(44-28-40-57(13-3)14-4)37-25-21-19-23-35-55(53-47-49(9)31-33-51(53)52-34-32-50(10)48-54(52)55)36-24-20-22-26-38-61(45-29-41-58(15-5)16-6)46-30-42-59(17-7)18-8/h31-34,47-48H,11-30,35-46H2,1-10H3. The summed E-state index contributed by atoms with van der Waals surface area (Å²) in [5, 5.41) is 0. The molecule has 2 aromatic carbocycles. The van der Waals surface area contributed by atoms with Crippen molar-refractivity contribution >= 4 is 0 Å². The molecule has 0 unspecified atom stereocenters. The third kappa shape index (κ3) is 18.3. The van der Waals surface area contributed by atoms with E-state index in [2.05, 4.69) is 135 Å². The monoisotopic (exact) mass is 845 g/mol. The fourth-order valence-electron chi connectivity index (χ4n) is 10.5. The van der Waals surface area contributed by atoms with Gasteiger partial charge in [0.2, 0.25) is 0 Å². The minimum atomic E-state index is 0.143. The first-order valence-electron chi connectivity index (χ1n) is 26.3. The summed E-state index contributed by atoms with van der Waals surface area (Å²) >= 11 is 0. The lowest BCUT2D eigenvalue weighted by Crippen LogP contribution is -2.33. The van der Waals surface area contributed by atoms with E-state index < -0.39 is 0 Å². The van der Waals surface area contributed by atoms with E-state index in [1.807, 2.05) is 0 Å². The highest BCUT2D eigenvalue weighted by atomic mass is 15.2. The summed E-state index contributed by atoms with van der Waals surface area (Å²) in [5.74, 6) is 0. The van der Waals surface area contributed by atoms with Gasteiger partial charge in [-0.15, -0.1) is 0 Å². The normalized spacial score (nSPS) is 13.6. The number of hydrogen-bond donors (Lipinski definition) is 0. The van der Waals surface area contributed by atoms with Crippen molar-refractivity contribution in [2.45, 2.75) is 165 Å². The fourth-order valence-corrected chi connectivity index (χ4v) is 10.5. The van der Waals surface area contributed by atoms with Gasteiger partial charge in [0, 0.05) is 5.41 Å². The maximum atomic E-state index is 2.81. The van der Waals surface area contributed by atoms with Gasteiger partial charge in [0.25, 0.3) is 0 Å². The lowest BCUT2D eigenvalue weighted by atomic mass is 9.70. The van der Waals surface area contributed by atoms with E-state index in [0.29, 0.717) is 0 Å². The Balaban J connectivity index is 1.63. The van der Waals surface area contributed by atoms with Crippen LogP contribution in [0.5, 0.6) is 0 Å². The number of hydrogen-bond acceptors (Lipinski definition) is 6. The second-order valence-corrected chi connectivity index (χ2v) is 18.7. The van der Waals surface area contributed by atoms with Crippen molar-refractivity contribution in [3.63, 3.8) is 0 Å². The number of aryl methyl sites for hydroxylation is 2. The molecule has 6 nitrogen and oxygen atoms in total. The molecule has 350 valence electrons. The van der Waals surface area contributed by atoms with Crippen LogP contribution in [0.4, 0.5) is 0 Å². The van der Waals surface area contributed by atoms with Crippen molar-refractivity contribution < 1.29 is 0 Å². The van der Waals surface area contributed by atoms with Gasteiger partial charge in [0.15, 0.2) is 0 Å². The van der Waals surface area contributed by atoms with Crippen LogP contribution in [0.1, 0.15) is 168 Å². The van der Waals surface area contributed by atoms with Gasteiger partial charge in [0.05, 0.1) is 0 Å². The summed E-state index contributed by atoms with van der Waals surface area (Å²) in [6.45, 7) is 44.9. The van der Waals surface area contributed by atoms with Crippen LogP contribution in [0.3, 0.4) is 0 Å². The van der Waals surface area contributed by atoms with Crippen LogP contribution in [0.2, 0.25) is 0 Å². The van der Waals surface area contributed by atoms with Gasteiger partial charge >= 0.3 is 0 Å². The Bertz CT molecular complexity index is 1250. The Morgan fingerprint density at radius 1 is 0.311 bits per heavy atom. The molecule has 0 aliphatic heterocycles. The maximum absolute atomic E-state index is 2.81. The van der Waals surface area contributed by atoms with Crippen molar-refractivity contribution in [2.75, 3.05) is 118 Å². The number of fused-ring (bicyclic) bond motifs is 3. The largest absolute Gasteiger partial charge is 0.304 e. The predicted octanol–water partition coefficient (Wildman–Crippen LogP) is 12.0. The highest BCUT2D eigenvalue weighted by molar-refractivity contribution is 5.81. The molecule has 1 aliphatic carbocycles. The van der Waals surface area contributed by atoms with Gasteiger partial charge in [-0.05, 0) is 205 Å². The van der Waals surface area contributed by atoms with Crippen LogP contribution in [-0.4, -0.2) is 147 Å². The molecule has 2 aromatic rings. The Morgan fingerprint density at radius 3 is 0.869 bits per heavy atom. The zero-order valence-electron chi connectivity index (χ0n) is 42.3. The Labute approximate surface area is 380 Å². The molecule has 6 heteroatoms. The Hall–Kier alpha value is -1.80. The molecule has 0 bridgehead atoms. The van der Waals surface area contributed by atoms with Crippen LogP contribution in [0.15, 0.2) is 36.4 Å². The first kappa shape index (κ1) is 53.5. The van der Waals surface area contributed by atoms with E-state index in [-0.39, 0.29) is 5.41 Å². The number of unbranched alkanes of at least 4 members (excludes halogenated alkanes) is 6. The molecule has 0 N–H and O–H groups in total. The average Bonchev–Trinajstić information content (AvgIpc) is 3.53. The number of nitrogens with zero attached hydrogens (tertiary/aromatic N) is 6. The first-order valence-corrected chi connectivity index (χ1v) is 26.3. The third-order valence-corrected chi connectivity index (χ3v) is 14.7. The van der Waals surface area contributed by atoms with E-state index in [1.165, 1.54) is 230 Å². The summed E-state index contributed by atoms with van der Waals surface area (Å²) in [6, 6.07) is 14.8. The third-order valence-electron chi connectivity index (χ3n) is 14.7. The number of benzene rings is 2. The van der Waals surface area contributed by atoms with Gasteiger partial charge in [-0.3, -0.25) is 0 Å². The maximum Gasteiger partial charge on any atom is 0.0215 e. The molecular weight excluding hydrogens is 745 g/mol. The lowest BCUT2D eigenvalue weighted by molar-refractivity contribution is 0.214. The first-order chi connectivity index (χ1) is 29.7. The zero-order chi connectivity index (χ0) is 44.3. The summed E-state index contributed by atoms with van der Waals surface area (Å²) in [6.07, 6.45) is 18.4. The van der Waals surface area contributed by atoms with Gasteiger partial charge in [-0.25, -0.2) is 0 Å². The number of rotatable bonds is 38. The molecule has 0 atom stereocenters. The molecular formula is C55H100N6. The molecule has 0 heterocycles. The van der Waals surface area contributed by atoms with Crippen molar-refractivity contribution in [1.82, 2.24) is 29.4 Å². The van der Waals surface area contributed by atoms with E-state index in [1.54, 1.807) is 11.1 Å². The molecule has 0 aromatic heterocycles. The average molecular weight is 845 g/mol. The minimum absolute atomic E-state index is 0.143. The van der Waals surface area contributed by atoms with E-state index >= 15 is 0 Å². The second-order valence-electron chi connectivity index (χ2n) is 18.7. The molecule has 0 saturated carbocycles. The van der Waals surface area contributed by atoms with Crippen LogP contribution in [-0.2, 0) is 5.41 Å². The van der Waals surface area contributed by atoms with Gasteiger partial charge in [-0.1, -0.05) is 141 Å². The van der Waals surface area contributed by atoms with Crippen molar-refractivity contribution in [3.05, 3.63) is 58.7 Å². The van der Waals surface area contributed by atoms with Gasteiger partial charge in [-0.2, -0.15) is 0 Å². The Kier molecular flexibility index (Phi) is 27.3. The second kappa shape index (κ2) is 31.1. The smallest absolute Gasteiger partial charge is 0.0215 e. The molecule has 0 amide bonds. The summed E-state index contributed by atoms with van der Waals surface area (Å²) in [4.78, 5) is 16.0. The van der Waals surface area contributed by atoms with Gasteiger partial charge in [0.1, 0.15) is 0 Å². The lowest BCUT2D eigenvalue weighted by Gasteiger charge is -2.33. The summed E-state index contributed by atoms with van der Waals surface area (Å²) < 4.78 is 0. The zero-order valence-corrected chi connectivity index (χ0v) is 42.3. The Morgan fingerprint density at radius 2 is 0.574 bits per heavy atom. The quantitative estimate of drug-likeness (QED) is 0.0623. The van der Waals surface area contributed by atoms with Crippen molar-refractivity contribution in [2.24, 2.45) is 0 Å². The van der Waals surface area contributed by atoms with Crippen molar-refractivity contribution in [3.8, 4) is 11.1 Å². The molecule has 0 spiro atoms. The van der Waals surface area contributed by atoms with Gasteiger partial charge < -0.3 is 29.4 Å². The van der Waals surface area contributed by atoms with Crippen LogP contribution in [0.25, 0.3) is 11.1 Å². The molecule has 61 heavy (non-hydrogen) atoms. The van der Waals surface area contributed by atoms with E-state index in [9.17, 15) is 0 Å². The molecule has 1 aliphatic rings. The van der Waals surface area contributed by atoms with Crippen LogP contribution < -0.4 is 0 Å². The molecule has 0 radical (unpaired) electrons. The minimum Gasteiger partial charge on any atom is -0.304 e. The van der Waals surface area contributed by atoms with E-state index in [0.717, 1.165) is 0 Å². The van der Waals surface area contributed by atoms with Crippen LogP contribution in [0, 0.1) is 13.8 Å². The van der Waals surface area contributed by atoms with Crippen molar-refractivity contribution in [1.29, 1.82) is 0 Å².